The molecule has 2 aromatic rings. The molecule has 0 aliphatic heterocycles. The van der Waals surface area contributed by atoms with Crippen LogP contribution in [0.25, 0.3) is 0 Å². The van der Waals surface area contributed by atoms with Crippen molar-refractivity contribution in [1.29, 1.82) is 0 Å². The monoisotopic (exact) mass is 426 g/mol. The predicted octanol–water partition coefficient (Wildman–Crippen LogP) is 3.69. The lowest BCUT2D eigenvalue weighted by atomic mass is 10.2. The molecule has 144 valence electrons. The molecule has 27 heavy (non-hydrogen) atoms. The maximum Gasteiger partial charge on any atom is 0.240 e. The van der Waals surface area contributed by atoms with Gasteiger partial charge in [-0.1, -0.05) is 11.6 Å². The van der Waals surface area contributed by atoms with Crippen molar-refractivity contribution < 1.29 is 18.0 Å². The Bertz CT molecular complexity index is 935. The number of nitrogens with one attached hydrogen (secondary N) is 2. The predicted molar refractivity (Wildman–Crippen MR) is 106 cm³/mol. The largest absolute Gasteiger partial charge is 0.326 e. The molecule has 1 aromatic heterocycles. The van der Waals surface area contributed by atoms with Gasteiger partial charge in [0.05, 0.1) is 14.1 Å². The Morgan fingerprint density at radius 2 is 1.78 bits per heavy atom. The molecule has 1 amide bonds. The molecule has 1 fully saturated rings. The molecular weight excluding hydrogens is 408 g/mol. The molecule has 0 spiro atoms. The molecule has 0 radical (unpaired) electrons. The maximum absolute atomic E-state index is 12.2. The lowest BCUT2D eigenvalue weighted by molar-refractivity contribution is -0.116. The molecule has 9 heteroatoms. The Morgan fingerprint density at radius 3 is 2.37 bits per heavy atom. The van der Waals surface area contributed by atoms with Crippen LogP contribution >= 0.6 is 22.9 Å². The van der Waals surface area contributed by atoms with Gasteiger partial charge in [-0.3, -0.25) is 9.59 Å². The number of hydrogen-bond donors (Lipinski definition) is 2. The zero-order chi connectivity index (χ0) is 19.4. The van der Waals surface area contributed by atoms with Gasteiger partial charge < -0.3 is 5.32 Å². The van der Waals surface area contributed by atoms with Crippen LogP contribution in [0.5, 0.6) is 0 Å². The van der Waals surface area contributed by atoms with Gasteiger partial charge >= 0.3 is 0 Å². The van der Waals surface area contributed by atoms with Crippen molar-refractivity contribution in [2.45, 2.75) is 30.6 Å². The van der Waals surface area contributed by atoms with E-state index in [1.165, 1.54) is 35.6 Å². The Hall–Kier alpha value is -1.74. The Balaban J connectivity index is 1.49. The number of anilines is 1. The van der Waals surface area contributed by atoms with E-state index in [-0.39, 0.29) is 29.4 Å². The molecule has 1 saturated carbocycles. The summed E-state index contributed by atoms with van der Waals surface area (Å²) in [6, 6.07) is 9.25. The molecule has 1 aliphatic rings. The van der Waals surface area contributed by atoms with E-state index in [2.05, 4.69) is 10.0 Å². The first-order chi connectivity index (χ1) is 12.8. The number of amides is 1. The quantitative estimate of drug-likeness (QED) is 0.598. The minimum absolute atomic E-state index is 0.0390. The van der Waals surface area contributed by atoms with E-state index in [4.69, 9.17) is 11.6 Å². The highest BCUT2D eigenvalue weighted by atomic mass is 35.5. The second-order valence-corrected chi connectivity index (χ2v) is 9.88. The van der Waals surface area contributed by atoms with Crippen molar-refractivity contribution >= 4 is 50.3 Å². The van der Waals surface area contributed by atoms with Gasteiger partial charge in [0.2, 0.25) is 15.9 Å². The molecular formula is C18H19ClN2O4S2. The van der Waals surface area contributed by atoms with Gasteiger partial charge in [0.1, 0.15) is 0 Å². The number of halogens is 1. The van der Waals surface area contributed by atoms with Crippen LogP contribution in [0.2, 0.25) is 4.34 Å². The number of carbonyl (C=O) groups is 2. The maximum atomic E-state index is 12.2. The lowest BCUT2D eigenvalue weighted by Crippen LogP contribution is -2.25. The van der Waals surface area contributed by atoms with E-state index >= 15 is 0 Å². The van der Waals surface area contributed by atoms with Crippen molar-refractivity contribution in [1.82, 2.24) is 4.72 Å². The lowest BCUT2D eigenvalue weighted by Gasteiger charge is -2.08. The van der Waals surface area contributed by atoms with E-state index in [0.29, 0.717) is 27.4 Å². The van der Waals surface area contributed by atoms with Gasteiger partial charge in [0.25, 0.3) is 0 Å². The van der Waals surface area contributed by atoms with Gasteiger partial charge in [-0.15, -0.1) is 11.3 Å². The molecule has 0 bridgehead atoms. The van der Waals surface area contributed by atoms with E-state index in [9.17, 15) is 18.0 Å². The molecule has 0 saturated heterocycles. The summed E-state index contributed by atoms with van der Waals surface area (Å²) >= 11 is 6.98. The van der Waals surface area contributed by atoms with Crippen molar-refractivity contribution in [3.8, 4) is 0 Å². The van der Waals surface area contributed by atoms with Crippen LogP contribution in [-0.2, 0) is 14.8 Å². The number of sulfonamides is 1. The van der Waals surface area contributed by atoms with Crippen LogP contribution in [-0.4, -0.2) is 26.7 Å². The molecule has 0 unspecified atom stereocenters. The smallest absolute Gasteiger partial charge is 0.240 e. The molecule has 2 N–H and O–H groups in total. The summed E-state index contributed by atoms with van der Waals surface area (Å²) in [4.78, 5) is 24.7. The third-order valence-corrected chi connectivity index (χ3v) is 6.85. The highest BCUT2D eigenvalue weighted by molar-refractivity contribution is 7.89. The summed E-state index contributed by atoms with van der Waals surface area (Å²) in [6.45, 7) is 0.463. The van der Waals surface area contributed by atoms with Gasteiger partial charge in [-0.05, 0) is 55.2 Å². The molecule has 3 rings (SSSR count). The highest BCUT2D eigenvalue weighted by Gasteiger charge is 2.24. The summed E-state index contributed by atoms with van der Waals surface area (Å²) < 4.78 is 27.5. The molecule has 0 atom stereocenters. The fourth-order valence-electron chi connectivity index (χ4n) is 2.39. The van der Waals surface area contributed by atoms with Gasteiger partial charge in [0.15, 0.2) is 5.78 Å². The van der Waals surface area contributed by atoms with E-state index in [1.807, 2.05) is 0 Å². The van der Waals surface area contributed by atoms with Crippen LogP contribution in [0.3, 0.4) is 0 Å². The molecule has 6 nitrogen and oxygen atoms in total. The summed E-state index contributed by atoms with van der Waals surface area (Å²) in [5, 5.41) is 2.66. The summed E-state index contributed by atoms with van der Waals surface area (Å²) in [6.07, 6.45) is 2.25. The van der Waals surface area contributed by atoms with Crippen molar-refractivity contribution in [2.24, 2.45) is 5.92 Å². The fraction of sp³-hybridized carbons (Fsp3) is 0.333. The SMILES string of the molecule is O=C(CCC(=O)c1ccc(Cl)s1)Nc1ccc(S(=O)(=O)NCC2CC2)cc1. The normalized spacial score (nSPS) is 14.1. The number of Topliss-reactive ketones (excluding diaryl/α,β-unsaturated/α-hetero) is 1. The van der Waals surface area contributed by atoms with Crippen LogP contribution in [0.15, 0.2) is 41.3 Å². The fourth-order valence-corrected chi connectivity index (χ4v) is 4.51. The minimum Gasteiger partial charge on any atom is -0.326 e. The average molecular weight is 427 g/mol. The Labute approximate surface area is 167 Å². The summed E-state index contributed by atoms with van der Waals surface area (Å²) in [5.74, 6) is 0.00458. The van der Waals surface area contributed by atoms with Gasteiger partial charge in [-0.2, -0.15) is 0 Å². The van der Waals surface area contributed by atoms with Crippen LogP contribution in [0.4, 0.5) is 5.69 Å². The number of thiophene rings is 1. The minimum atomic E-state index is -3.53. The summed E-state index contributed by atoms with van der Waals surface area (Å²) in [7, 11) is -3.53. The third kappa shape index (κ3) is 5.87. The van der Waals surface area contributed by atoms with Gasteiger partial charge in [-0.25, -0.2) is 13.1 Å². The zero-order valence-electron chi connectivity index (χ0n) is 14.4. The van der Waals surface area contributed by atoms with Crippen LogP contribution < -0.4 is 10.0 Å². The molecule has 1 aliphatic carbocycles. The number of benzene rings is 1. The van der Waals surface area contributed by atoms with Crippen molar-refractivity contribution in [2.75, 3.05) is 11.9 Å². The van der Waals surface area contributed by atoms with Crippen molar-refractivity contribution in [3.63, 3.8) is 0 Å². The standard InChI is InChI=1S/C18H19ClN2O4S2/c19-17-9-8-16(26-17)15(22)7-10-18(23)21-13-3-5-14(6-4-13)27(24,25)20-11-12-1-2-12/h3-6,8-9,12,20H,1-2,7,10-11H2,(H,21,23). The first kappa shape index (κ1) is 20.0. The first-order valence-corrected chi connectivity index (χ1v) is 11.2. The van der Waals surface area contributed by atoms with E-state index in [0.717, 1.165) is 12.8 Å². The van der Waals surface area contributed by atoms with E-state index in [1.54, 1.807) is 12.1 Å². The Morgan fingerprint density at radius 1 is 1.07 bits per heavy atom. The second-order valence-electron chi connectivity index (χ2n) is 6.39. The molecule has 1 aromatic carbocycles. The third-order valence-electron chi connectivity index (χ3n) is 4.13. The number of hydrogen-bond acceptors (Lipinski definition) is 5. The summed E-state index contributed by atoms with van der Waals surface area (Å²) in [5.41, 5.74) is 0.479. The van der Waals surface area contributed by atoms with Gasteiger partial charge in [0, 0.05) is 25.1 Å². The van der Waals surface area contributed by atoms with Crippen LogP contribution in [0.1, 0.15) is 35.4 Å². The first-order valence-electron chi connectivity index (χ1n) is 8.51. The average Bonchev–Trinajstić information content (AvgIpc) is 3.37. The van der Waals surface area contributed by atoms with E-state index < -0.39 is 10.0 Å². The number of carbonyl (C=O) groups excluding carboxylic acids is 2. The van der Waals surface area contributed by atoms with Crippen LogP contribution in [0, 0.1) is 5.92 Å². The highest BCUT2D eigenvalue weighted by Crippen LogP contribution is 2.28. The Kier molecular flexibility index (Phi) is 6.31. The zero-order valence-corrected chi connectivity index (χ0v) is 16.8. The molecule has 1 heterocycles. The number of ketones is 1. The number of rotatable bonds is 9. The second kappa shape index (κ2) is 8.52. The topological polar surface area (TPSA) is 92.3 Å². The van der Waals surface area contributed by atoms with Crippen molar-refractivity contribution in [3.05, 3.63) is 45.6 Å².